The molecular weight excluding hydrogens is 202 g/mol. The normalized spacial score (nSPS) is 34.1. The summed E-state index contributed by atoms with van der Waals surface area (Å²) in [5, 5.41) is 3.56. The first kappa shape index (κ1) is 12.3. The van der Waals surface area contributed by atoms with E-state index < -0.39 is 0 Å². The third-order valence-corrected chi connectivity index (χ3v) is 4.01. The molecule has 2 fully saturated rings. The van der Waals surface area contributed by atoms with Gasteiger partial charge in [0.05, 0.1) is 11.2 Å². The summed E-state index contributed by atoms with van der Waals surface area (Å²) in [6, 6.07) is 0. The van der Waals surface area contributed by atoms with E-state index in [0.29, 0.717) is 0 Å². The lowest BCUT2D eigenvalue weighted by Gasteiger charge is -2.49. The van der Waals surface area contributed by atoms with Crippen molar-refractivity contribution in [2.24, 2.45) is 0 Å². The molecule has 16 heavy (non-hydrogen) atoms. The second kappa shape index (κ2) is 5.03. The second-order valence-electron chi connectivity index (χ2n) is 5.64. The molecule has 0 aromatic carbocycles. The molecule has 0 radical (unpaired) electrons. The van der Waals surface area contributed by atoms with Gasteiger partial charge in [0.15, 0.2) is 0 Å². The van der Waals surface area contributed by atoms with E-state index in [-0.39, 0.29) is 11.2 Å². The molecule has 94 valence electrons. The lowest BCUT2D eigenvalue weighted by molar-refractivity contribution is -0.189. The van der Waals surface area contributed by atoms with E-state index in [1.807, 2.05) is 0 Å². The zero-order valence-corrected chi connectivity index (χ0v) is 10.7. The Morgan fingerprint density at radius 1 is 1.19 bits per heavy atom. The quantitative estimate of drug-likeness (QED) is 0.801. The fourth-order valence-electron chi connectivity index (χ4n) is 3.08. The highest BCUT2D eigenvalue weighted by Crippen LogP contribution is 2.37. The van der Waals surface area contributed by atoms with Crippen LogP contribution in [0.2, 0.25) is 0 Å². The van der Waals surface area contributed by atoms with Gasteiger partial charge >= 0.3 is 0 Å². The molecule has 1 saturated heterocycles. The van der Waals surface area contributed by atoms with Crippen molar-refractivity contribution in [1.29, 1.82) is 0 Å². The summed E-state index contributed by atoms with van der Waals surface area (Å²) >= 11 is 0. The fourth-order valence-corrected chi connectivity index (χ4v) is 3.08. The molecule has 1 aliphatic heterocycles. The first-order valence-electron chi connectivity index (χ1n) is 6.58. The first-order chi connectivity index (χ1) is 7.68. The summed E-state index contributed by atoms with van der Waals surface area (Å²) in [5.74, 6) is 0. The molecule has 3 nitrogen and oxygen atoms in total. The van der Waals surface area contributed by atoms with Crippen molar-refractivity contribution in [2.45, 2.75) is 56.7 Å². The van der Waals surface area contributed by atoms with Crippen LogP contribution in [0.5, 0.6) is 0 Å². The molecule has 2 rings (SSSR count). The van der Waals surface area contributed by atoms with E-state index in [2.05, 4.69) is 12.2 Å². The van der Waals surface area contributed by atoms with Gasteiger partial charge in [0.25, 0.3) is 0 Å². The molecule has 1 spiro atoms. The van der Waals surface area contributed by atoms with Crippen molar-refractivity contribution in [3.8, 4) is 0 Å². The number of morpholine rings is 1. The van der Waals surface area contributed by atoms with Crippen LogP contribution in [0.25, 0.3) is 0 Å². The zero-order chi connectivity index (χ0) is 11.5. The van der Waals surface area contributed by atoms with Gasteiger partial charge < -0.3 is 14.8 Å². The zero-order valence-electron chi connectivity index (χ0n) is 10.7. The lowest BCUT2D eigenvalue weighted by atomic mass is 9.82. The Morgan fingerprint density at radius 3 is 2.62 bits per heavy atom. The van der Waals surface area contributed by atoms with Crippen LogP contribution in [0.15, 0.2) is 0 Å². The number of hydrogen-bond acceptors (Lipinski definition) is 3. The van der Waals surface area contributed by atoms with Crippen LogP contribution in [0.3, 0.4) is 0 Å². The maximum Gasteiger partial charge on any atom is 0.0814 e. The minimum absolute atomic E-state index is 0.0361. The van der Waals surface area contributed by atoms with Crippen LogP contribution in [0, 0.1) is 0 Å². The molecule has 1 aliphatic carbocycles. The summed E-state index contributed by atoms with van der Waals surface area (Å²) in [6.45, 7) is 5.00. The first-order valence-corrected chi connectivity index (χ1v) is 6.58. The Labute approximate surface area is 98.9 Å². The van der Waals surface area contributed by atoms with Gasteiger partial charge in [-0.25, -0.2) is 0 Å². The van der Waals surface area contributed by atoms with E-state index in [0.717, 1.165) is 26.1 Å². The number of hydrogen-bond donors (Lipinski definition) is 1. The highest BCUT2D eigenvalue weighted by Gasteiger charge is 2.43. The van der Waals surface area contributed by atoms with E-state index in [9.17, 15) is 0 Å². The van der Waals surface area contributed by atoms with Gasteiger partial charge in [-0.1, -0.05) is 19.3 Å². The van der Waals surface area contributed by atoms with Crippen LogP contribution in [-0.4, -0.2) is 38.0 Å². The third-order valence-electron chi connectivity index (χ3n) is 4.01. The van der Waals surface area contributed by atoms with Crippen molar-refractivity contribution in [2.75, 3.05) is 26.8 Å². The number of rotatable bonds is 3. The largest absolute Gasteiger partial charge is 0.385 e. The topological polar surface area (TPSA) is 30.5 Å². The highest BCUT2D eigenvalue weighted by atomic mass is 16.5. The Morgan fingerprint density at radius 2 is 1.94 bits per heavy atom. The SMILES string of the molecule is COCCC1(C)CNCC2(CCCCC2)O1. The molecule has 0 bridgehead atoms. The summed E-state index contributed by atoms with van der Waals surface area (Å²) < 4.78 is 11.6. The van der Waals surface area contributed by atoms with Crippen molar-refractivity contribution < 1.29 is 9.47 Å². The third kappa shape index (κ3) is 2.76. The molecule has 0 aromatic rings. The van der Waals surface area contributed by atoms with E-state index in [1.165, 1.54) is 32.1 Å². The highest BCUT2D eigenvalue weighted by molar-refractivity contribution is 4.96. The van der Waals surface area contributed by atoms with Crippen molar-refractivity contribution in [3.63, 3.8) is 0 Å². The van der Waals surface area contributed by atoms with Crippen LogP contribution in [0.1, 0.15) is 45.4 Å². The number of nitrogens with one attached hydrogen (secondary N) is 1. The maximum atomic E-state index is 6.46. The van der Waals surface area contributed by atoms with Crippen LogP contribution >= 0.6 is 0 Å². The summed E-state index contributed by atoms with van der Waals surface area (Å²) in [7, 11) is 1.76. The molecule has 0 aromatic heterocycles. The Hall–Kier alpha value is -0.120. The van der Waals surface area contributed by atoms with Crippen LogP contribution in [-0.2, 0) is 9.47 Å². The average Bonchev–Trinajstić information content (AvgIpc) is 2.27. The van der Waals surface area contributed by atoms with E-state index in [1.54, 1.807) is 7.11 Å². The summed E-state index contributed by atoms with van der Waals surface area (Å²) in [5.41, 5.74) is 0.0879. The molecule has 3 heteroatoms. The fraction of sp³-hybridized carbons (Fsp3) is 1.00. The van der Waals surface area contributed by atoms with Gasteiger partial charge in [0.1, 0.15) is 0 Å². The molecule has 1 unspecified atom stereocenters. The maximum absolute atomic E-state index is 6.46. The molecule has 2 aliphatic rings. The Kier molecular flexibility index (Phi) is 3.88. The monoisotopic (exact) mass is 227 g/mol. The predicted molar refractivity (Wildman–Crippen MR) is 64.7 cm³/mol. The van der Waals surface area contributed by atoms with E-state index in [4.69, 9.17) is 9.47 Å². The summed E-state index contributed by atoms with van der Waals surface area (Å²) in [4.78, 5) is 0. The second-order valence-corrected chi connectivity index (χ2v) is 5.64. The van der Waals surface area contributed by atoms with Gasteiger partial charge in [-0.3, -0.25) is 0 Å². The number of methoxy groups -OCH3 is 1. The molecule has 1 atom stereocenters. The molecule has 1 saturated carbocycles. The predicted octanol–water partition coefficient (Wildman–Crippen LogP) is 2.10. The molecule has 1 N–H and O–H groups in total. The minimum atomic E-state index is -0.0361. The van der Waals surface area contributed by atoms with Gasteiger partial charge in [0, 0.05) is 33.2 Å². The standard InChI is InChI=1S/C13H25NO2/c1-12(8-9-15-2)10-14-11-13(16-12)6-4-3-5-7-13/h14H,3-11H2,1-2H3. The molecule has 0 amide bonds. The number of ether oxygens (including phenoxy) is 2. The smallest absolute Gasteiger partial charge is 0.0814 e. The van der Waals surface area contributed by atoms with Gasteiger partial charge in [-0.05, 0) is 19.8 Å². The molecular formula is C13H25NO2. The summed E-state index contributed by atoms with van der Waals surface area (Å²) in [6.07, 6.45) is 7.45. The van der Waals surface area contributed by atoms with Crippen LogP contribution in [0.4, 0.5) is 0 Å². The molecule has 1 heterocycles. The Bertz CT molecular complexity index is 220. The van der Waals surface area contributed by atoms with Crippen molar-refractivity contribution in [3.05, 3.63) is 0 Å². The average molecular weight is 227 g/mol. The van der Waals surface area contributed by atoms with Gasteiger partial charge in [-0.15, -0.1) is 0 Å². The minimum Gasteiger partial charge on any atom is -0.385 e. The Balaban J connectivity index is 1.96. The van der Waals surface area contributed by atoms with E-state index >= 15 is 0 Å². The van der Waals surface area contributed by atoms with Crippen LogP contribution < -0.4 is 5.32 Å². The van der Waals surface area contributed by atoms with Gasteiger partial charge in [0.2, 0.25) is 0 Å². The van der Waals surface area contributed by atoms with Gasteiger partial charge in [-0.2, -0.15) is 0 Å². The van der Waals surface area contributed by atoms with Crippen molar-refractivity contribution in [1.82, 2.24) is 5.32 Å². The van der Waals surface area contributed by atoms with Crippen molar-refractivity contribution >= 4 is 0 Å². The lowest BCUT2D eigenvalue weighted by Crippen LogP contribution is -2.60.